The molecular formula is C22H29NO2. The van der Waals surface area contributed by atoms with Gasteiger partial charge in [0.2, 0.25) is 0 Å². The second kappa shape index (κ2) is 8.61. The van der Waals surface area contributed by atoms with E-state index in [1.54, 1.807) is 0 Å². The number of benzene rings is 2. The Kier molecular flexibility index (Phi) is 6.24. The van der Waals surface area contributed by atoms with Crippen LogP contribution in [0.15, 0.2) is 60.7 Å². The van der Waals surface area contributed by atoms with Gasteiger partial charge in [0, 0.05) is 19.1 Å². The molecule has 0 radical (unpaired) electrons. The smallest absolute Gasteiger partial charge is 0.121 e. The van der Waals surface area contributed by atoms with Crippen molar-refractivity contribution < 1.29 is 9.84 Å². The number of aliphatic hydroxyl groups is 1. The van der Waals surface area contributed by atoms with E-state index in [0.717, 1.165) is 30.8 Å². The van der Waals surface area contributed by atoms with Gasteiger partial charge in [0.25, 0.3) is 0 Å². The summed E-state index contributed by atoms with van der Waals surface area (Å²) in [5, 5.41) is 12.0. The Morgan fingerprint density at radius 1 is 0.960 bits per heavy atom. The molecule has 3 nitrogen and oxygen atoms in total. The van der Waals surface area contributed by atoms with Gasteiger partial charge >= 0.3 is 0 Å². The Morgan fingerprint density at radius 3 is 1.96 bits per heavy atom. The highest BCUT2D eigenvalue weighted by Gasteiger charge is 2.41. The molecule has 1 aliphatic rings. The number of hydrogen-bond acceptors (Lipinski definition) is 3. The minimum Gasteiger partial charge on any atom is -0.381 e. The van der Waals surface area contributed by atoms with Crippen LogP contribution in [0.2, 0.25) is 0 Å². The van der Waals surface area contributed by atoms with Crippen LogP contribution in [0.4, 0.5) is 0 Å². The predicted molar refractivity (Wildman–Crippen MR) is 102 cm³/mol. The number of likely N-dealkylation sites (tertiary alicyclic amines) is 1. The lowest BCUT2D eigenvalue weighted by Gasteiger charge is -2.39. The largest absolute Gasteiger partial charge is 0.381 e. The molecule has 1 aliphatic heterocycles. The molecule has 0 aliphatic carbocycles. The van der Waals surface area contributed by atoms with Gasteiger partial charge in [-0.2, -0.15) is 0 Å². The fourth-order valence-corrected chi connectivity index (χ4v) is 3.86. The molecule has 1 heterocycles. The normalized spacial score (nSPS) is 16.9. The lowest BCUT2D eigenvalue weighted by Crippen LogP contribution is -2.45. The molecule has 0 saturated carbocycles. The van der Waals surface area contributed by atoms with Crippen LogP contribution < -0.4 is 0 Å². The van der Waals surface area contributed by atoms with E-state index in [-0.39, 0.29) is 5.92 Å². The third kappa shape index (κ3) is 4.12. The first-order valence-electron chi connectivity index (χ1n) is 9.38. The summed E-state index contributed by atoms with van der Waals surface area (Å²) < 4.78 is 5.81. The summed E-state index contributed by atoms with van der Waals surface area (Å²) in [4.78, 5) is 2.46. The van der Waals surface area contributed by atoms with Crippen molar-refractivity contribution in [2.24, 2.45) is 5.92 Å². The minimum absolute atomic E-state index is 0.0182. The number of rotatable bonds is 8. The highest BCUT2D eigenvalue weighted by Crippen LogP contribution is 2.38. The van der Waals surface area contributed by atoms with Gasteiger partial charge in [-0.15, -0.1) is 0 Å². The molecule has 0 bridgehead atoms. The van der Waals surface area contributed by atoms with Crippen LogP contribution in [-0.4, -0.2) is 42.9 Å². The molecule has 3 rings (SSSR count). The van der Waals surface area contributed by atoms with E-state index in [1.807, 2.05) is 67.6 Å². The second-order valence-electron chi connectivity index (χ2n) is 6.86. The van der Waals surface area contributed by atoms with Gasteiger partial charge in [0.15, 0.2) is 0 Å². The maximum atomic E-state index is 12.0. The zero-order valence-corrected chi connectivity index (χ0v) is 15.1. The lowest BCUT2D eigenvalue weighted by atomic mass is 9.76. The summed E-state index contributed by atoms with van der Waals surface area (Å²) in [5.74, 6) is -0.0182. The fourth-order valence-electron chi connectivity index (χ4n) is 3.86. The molecule has 0 aromatic heterocycles. The van der Waals surface area contributed by atoms with Crippen LogP contribution in [0.1, 0.15) is 30.9 Å². The van der Waals surface area contributed by atoms with Crippen LogP contribution in [-0.2, 0) is 10.3 Å². The van der Waals surface area contributed by atoms with Crippen molar-refractivity contribution >= 4 is 0 Å². The van der Waals surface area contributed by atoms with E-state index in [4.69, 9.17) is 4.74 Å². The van der Waals surface area contributed by atoms with E-state index >= 15 is 0 Å². The van der Waals surface area contributed by atoms with Crippen LogP contribution >= 0.6 is 0 Å². The number of nitrogens with zero attached hydrogens (tertiary/aromatic N) is 1. The molecule has 25 heavy (non-hydrogen) atoms. The van der Waals surface area contributed by atoms with E-state index in [2.05, 4.69) is 4.90 Å². The van der Waals surface area contributed by atoms with Crippen molar-refractivity contribution in [2.75, 3.05) is 32.8 Å². The van der Waals surface area contributed by atoms with Gasteiger partial charge in [0.1, 0.15) is 5.60 Å². The summed E-state index contributed by atoms with van der Waals surface area (Å²) in [7, 11) is 0. The first-order chi connectivity index (χ1) is 12.2. The van der Waals surface area contributed by atoms with Crippen molar-refractivity contribution in [3.8, 4) is 0 Å². The van der Waals surface area contributed by atoms with Gasteiger partial charge in [-0.25, -0.2) is 0 Å². The van der Waals surface area contributed by atoms with E-state index < -0.39 is 5.60 Å². The summed E-state index contributed by atoms with van der Waals surface area (Å²) in [6, 6.07) is 20.1. The number of hydrogen-bond donors (Lipinski definition) is 1. The summed E-state index contributed by atoms with van der Waals surface area (Å²) in [6.07, 6.45) is 2.49. The third-order valence-electron chi connectivity index (χ3n) is 5.22. The zero-order chi connectivity index (χ0) is 17.5. The SMILES string of the molecule is CCOCC(CN1CCCC1)C(O)(c1ccccc1)c1ccccc1. The maximum absolute atomic E-state index is 12.0. The molecule has 1 atom stereocenters. The predicted octanol–water partition coefficient (Wildman–Crippen LogP) is 3.67. The van der Waals surface area contributed by atoms with Gasteiger partial charge in [-0.1, -0.05) is 60.7 Å². The standard InChI is InChI=1S/C22H29NO2/c1-2-25-18-21(17-23-15-9-10-16-23)22(24,19-11-5-3-6-12-19)20-13-7-4-8-14-20/h3-8,11-14,21,24H,2,9-10,15-18H2,1H3. The average Bonchev–Trinajstić information content (AvgIpc) is 3.19. The molecule has 2 aromatic carbocycles. The molecule has 0 amide bonds. The van der Waals surface area contributed by atoms with Crippen LogP contribution in [0.25, 0.3) is 0 Å². The van der Waals surface area contributed by atoms with Crippen molar-refractivity contribution in [3.05, 3.63) is 71.8 Å². The van der Waals surface area contributed by atoms with Crippen LogP contribution in [0, 0.1) is 5.92 Å². The number of ether oxygens (including phenoxy) is 1. The molecule has 0 spiro atoms. The molecule has 1 N–H and O–H groups in total. The second-order valence-corrected chi connectivity index (χ2v) is 6.86. The van der Waals surface area contributed by atoms with Crippen LogP contribution in [0.5, 0.6) is 0 Å². The van der Waals surface area contributed by atoms with Gasteiger partial charge < -0.3 is 14.7 Å². The molecule has 3 heteroatoms. The Bertz CT molecular complexity index is 583. The first kappa shape index (κ1) is 18.1. The molecule has 134 valence electrons. The summed E-state index contributed by atoms with van der Waals surface area (Å²) in [5.41, 5.74) is 0.815. The topological polar surface area (TPSA) is 32.7 Å². The Labute approximate surface area is 151 Å². The van der Waals surface area contributed by atoms with Gasteiger partial charge in [-0.3, -0.25) is 0 Å². The quantitative estimate of drug-likeness (QED) is 0.796. The summed E-state index contributed by atoms with van der Waals surface area (Å²) in [6.45, 7) is 6.30. The Morgan fingerprint density at radius 2 is 1.48 bits per heavy atom. The van der Waals surface area contributed by atoms with Crippen molar-refractivity contribution in [2.45, 2.75) is 25.4 Å². The zero-order valence-electron chi connectivity index (χ0n) is 15.1. The molecule has 1 saturated heterocycles. The minimum atomic E-state index is -1.06. The first-order valence-corrected chi connectivity index (χ1v) is 9.38. The highest BCUT2D eigenvalue weighted by molar-refractivity contribution is 5.37. The monoisotopic (exact) mass is 339 g/mol. The molecule has 1 unspecified atom stereocenters. The highest BCUT2D eigenvalue weighted by atomic mass is 16.5. The lowest BCUT2D eigenvalue weighted by molar-refractivity contribution is -0.0398. The van der Waals surface area contributed by atoms with E-state index in [1.165, 1.54) is 12.8 Å². The molecular weight excluding hydrogens is 310 g/mol. The Balaban J connectivity index is 1.99. The summed E-state index contributed by atoms with van der Waals surface area (Å²) >= 11 is 0. The van der Waals surface area contributed by atoms with Crippen molar-refractivity contribution in [1.29, 1.82) is 0 Å². The van der Waals surface area contributed by atoms with Crippen LogP contribution in [0.3, 0.4) is 0 Å². The average molecular weight is 339 g/mol. The van der Waals surface area contributed by atoms with E-state index in [9.17, 15) is 5.11 Å². The van der Waals surface area contributed by atoms with Gasteiger partial charge in [0.05, 0.1) is 6.61 Å². The maximum Gasteiger partial charge on any atom is 0.121 e. The Hall–Kier alpha value is -1.68. The van der Waals surface area contributed by atoms with E-state index in [0.29, 0.717) is 13.2 Å². The molecule has 1 fully saturated rings. The van der Waals surface area contributed by atoms with Crippen molar-refractivity contribution in [3.63, 3.8) is 0 Å². The third-order valence-corrected chi connectivity index (χ3v) is 5.22. The van der Waals surface area contributed by atoms with Crippen molar-refractivity contribution in [1.82, 2.24) is 4.90 Å². The fraction of sp³-hybridized carbons (Fsp3) is 0.455. The molecule has 2 aromatic rings. The van der Waals surface area contributed by atoms with Gasteiger partial charge in [-0.05, 0) is 44.0 Å².